The van der Waals surface area contributed by atoms with Gasteiger partial charge in [0.1, 0.15) is 16.2 Å². The first kappa shape index (κ1) is 29.0. The largest absolute Gasteiger partial charge is 0.746 e. The number of rotatable bonds is 11. The number of ether oxygens (including phenoxy) is 1. The summed E-state index contributed by atoms with van der Waals surface area (Å²) >= 11 is 0. The summed E-state index contributed by atoms with van der Waals surface area (Å²) in [6.45, 7) is 4.17. The van der Waals surface area contributed by atoms with E-state index in [4.69, 9.17) is 4.74 Å². The number of carbonyl (C=O) groups is 3. The van der Waals surface area contributed by atoms with Crippen LogP contribution in [0.4, 0.5) is 4.79 Å². The van der Waals surface area contributed by atoms with Gasteiger partial charge in [0.15, 0.2) is 5.44 Å². The molecule has 0 aromatic heterocycles. The Hall–Kier alpha value is -1.96. The summed E-state index contributed by atoms with van der Waals surface area (Å²) < 4.78 is 40.2. The first-order chi connectivity index (χ1) is 17.7. The van der Waals surface area contributed by atoms with Crippen molar-refractivity contribution in [1.82, 2.24) is 16.0 Å². The SMILES string of the molecule is CC(C)C[C@H](NC(=O)OCC12CC3CC(CC(O)(C3)C1)C2)C(=O)N[C@@H](C[C@@H]1CCNC1=O)C(O)S(=O)(=O)[O-]. The molecule has 0 radical (unpaired) electrons. The van der Waals surface area contributed by atoms with E-state index in [9.17, 15) is 37.6 Å². The molecule has 4 aliphatic carbocycles. The van der Waals surface area contributed by atoms with Crippen LogP contribution in [0.5, 0.6) is 0 Å². The topological polar surface area (TPSA) is 194 Å². The number of nitrogens with one attached hydrogen (secondary N) is 3. The Balaban J connectivity index is 1.39. The Morgan fingerprint density at radius 1 is 1.18 bits per heavy atom. The van der Waals surface area contributed by atoms with Crippen molar-refractivity contribution in [2.45, 2.75) is 94.8 Å². The molecule has 5 aliphatic rings. The predicted molar refractivity (Wildman–Crippen MR) is 133 cm³/mol. The Morgan fingerprint density at radius 3 is 2.37 bits per heavy atom. The van der Waals surface area contributed by atoms with E-state index in [0.717, 1.165) is 32.1 Å². The molecular weight excluding hydrogens is 518 g/mol. The number of alkyl carbamates (subject to hydrolysis) is 1. The minimum absolute atomic E-state index is 0.0457. The molecule has 0 aromatic carbocycles. The van der Waals surface area contributed by atoms with Crippen molar-refractivity contribution in [1.29, 1.82) is 0 Å². The van der Waals surface area contributed by atoms with E-state index in [2.05, 4.69) is 16.0 Å². The lowest BCUT2D eigenvalue weighted by atomic mass is 9.48. The lowest BCUT2D eigenvalue weighted by molar-refractivity contribution is -0.175. The summed E-state index contributed by atoms with van der Waals surface area (Å²) in [5.41, 5.74) is -3.42. The fraction of sp³-hybridized carbons (Fsp3) is 0.880. The zero-order valence-corrected chi connectivity index (χ0v) is 22.8. The summed E-state index contributed by atoms with van der Waals surface area (Å²) in [6.07, 6.45) is 4.58. The third-order valence-electron chi connectivity index (χ3n) is 8.65. The zero-order valence-electron chi connectivity index (χ0n) is 22.0. The van der Waals surface area contributed by atoms with Gasteiger partial charge in [-0.25, -0.2) is 13.2 Å². The van der Waals surface area contributed by atoms with Crippen molar-refractivity contribution in [3.8, 4) is 0 Å². The molecule has 216 valence electrons. The summed E-state index contributed by atoms with van der Waals surface area (Å²) in [7, 11) is -5.19. The minimum Gasteiger partial charge on any atom is -0.746 e. The van der Waals surface area contributed by atoms with Crippen molar-refractivity contribution in [3.63, 3.8) is 0 Å². The first-order valence-electron chi connectivity index (χ1n) is 13.5. The molecule has 4 bridgehead atoms. The number of hydrogen-bond donors (Lipinski definition) is 5. The van der Waals surface area contributed by atoms with Gasteiger partial charge in [0.05, 0.1) is 18.2 Å². The molecule has 0 spiro atoms. The van der Waals surface area contributed by atoms with E-state index in [0.29, 0.717) is 31.2 Å². The van der Waals surface area contributed by atoms with Crippen LogP contribution >= 0.6 is 0 Å². The highest BCUT2D eigenvalue weighted by Crippen LogP contribution is 2.61. The second kappa shape index (κ2) is 10.9. The van der Waals surface area contributed by atoms with Crippen molar-refractivity contribution < 1.29 is 42.3 Å². The van der Waals surface area contributed by atoms with Crippen LogP contribution in [0, 0.1) is 29.1 Å². The maximum atomic E-state index is 13.2. The molecular formula is C25H40N3O9S-. The van der Waals surface area contributed by atoms with Crippen LogP contribution in [0.1, 0.15) is 71.6 Å². The van der Waals surface area contributed by atoms with E-state index >= 15 is 0 Å². The molecule has 1 heterocycles. The lowest BCUT2D eigenvalue weighted by Gasteiger charge is -2.59. The molecule has 38 heavy (non-hydrogen) atoms. The van der Waals surface area contributed by atoms with Gasteiger partial charge in [-0.3, -0.25) is 9.59 Å². The molecule has 1 saturated heterocycles. The standard InChI is InChI=1S/C25H41N3O9S/c1-14(2)5-18(21(30)27-19(22(31)38(34,35)36)7-17-3-4-26-20(17)29)28-23(32)37-13-24-8-15-6-16(9-24)11-25(33,10-15)12-24/h14-19,22,31,33H,3-13H2,1-2H3,(H,26,29)(H,27,30)(H,28,32)(H,34,35,36)/p-1/t15?,16?,17-,18-,19-,22?,24?,25?/m0/s1. The van der Waals surface area contributed by atoms with E-state index in [1.807, 2.05) is 13.8 Å². The number of amides is 3. The van der Waals surface area contributed by atoms with Gasteiger partial charge in [0.25, 0.3) is 0 Å². The van der Waals surface area contributed by atoms with E-state index < -0.39 is 51.2 Å². The van der Waals surface area contributed by atoms with Crippen LogP contribution in [0.2, 0.25) is 0 Å². The van der Waals surface area contributed by atoms with Gasteiger partial charge in [0, 0.05) is 17.9 Å². The van der Waals surface area contributed by atoms with Gasteiger partial charge >= 0.3 is 6.09 Å². The average Bonchev–Trinajstić information content (AvgIpc) is 3.18. The van der Waals surface area contributed by atoms with Crippen LogP contribution in [0.25, 0.3) is 0 Å². The van der Waals surface area contributed by atoms with Crippen molar-refractivity contribution in [2.24, 2.45) is 29.1 Å². The van der Waals surface area contributed by atoms with Gasteiger partial charge in [0.2, 0.25) is 11.8 Å². The van der Waals surface area contributed by atoms with Crippen molar-refractivity contribution >= 4 is 28.0 Å². The zero-order chi connectivity index (χ0) is 27.9. The molecule has 6 atom stereocenters. The number of aliphatic hydroxyl groups is 2. The van der Waals surface area contributed by atoms with Gasteiger partial charge in [-0.2, -0.15) is 0 Å². The molecule has 3 amide bonds. The smallest absolute Gasteiger partial charge is 0.407 e. The number of hydrogen-bond acceptors (Lipinski definition) is 9. The molecule has 12 nitrogen and oxygen atoms in total. The summed E-state index contributed by atoms with van der Waals surface area (Å²) in [5, 5.41) is 28.6. The summed E-state index contributed by atoms with van der Waals surface area (Å²) in [4.78, 5) is 37.9. The Labute approximate surface area is 223 Å². The Bertz CT molecular complexity index is 1020. The maximum absolute atomic E-state index is 13.2. The summed E-state index contributed by atoms with van der Waals surface area (Å²) in [6, 6.07) is -2.65. The van der Waals surface area contributed by atoms with Crippen LogP contribution in [0.15, 0.2) is 0 Å². The molecule has 3 unspecified atom stereocenters. The first-order valence-corrected chi connectivity index (χ1v) is 15.0. The maximum Gasteiger partial charge on any atom is 0.407 e. The molecule has 1 aliphatic heterocycles. The predicted octanol–water partition coefficient (Wildman–Crippen LogP) is 0.333. The van der Waals surface area contributed by atoms with Gasteiger partial charge in [-0.05, 0) is 75.5 Å². The van der Waals surface area contributed by atoms with Crippen LogP contribution in [-0.4, -0.2) is 77.4 Å². The Kier molecular flexibility index (Phi) is 8.33. The summed E-state index contributed by atoms with van der Waals surface area (Å²) in [5.74, 6) is -1.01. The molecule has 5 rings (SSSR count). The van der Waals surface area contributed by atoms with Crippen molar-refractivity contribution in [2.75, 3.05) is 13.2 Å². The third kappa shape index (κ3) is 6.78. The van der Waals surface area contributed by atoms with E-state index in [1.165, 1.54) is 0 Å². The molecule has 5 fully saturated rings. The normalized spacial score (nSPS) is 34.5. The van der Waals surface area contributed by atoms with E-state index in [-0.39, 0.29) is 36.7 Å². The second-order valence-corrected chi connectivity index (χ2v) is 14.1. The lowest BCUT2D eigenvalue weighted by Crippen LogP contribution is -2.57. The van der Waals surface area contributed by atoms with Crippen molar-refractivity contribution in [3.05, 3.63) is 0 Å². The van der Waals surface area contributed by atoms with Crippen LogP contribution < -0.4 is 16.0 Å². The minimum atomic E-state index is -5.19. The third-order valence-corrected chi connectivity index (χ3v) is 9.57. The highest BCUT2D eigenvalue weighted by atomic mass is 32.2. The fourth-order valence-electron chi connectivity index (χ4n) is 7.58. The highest BCUT2D eigenvalue weighted by Gasteiger charge is 2.57. The molecule has 4 saturated carbocycles. The monoisotopic (exact) mass is 558 g/mol. The molecule has 13 heteroatoms. The van der Waals surface area contributed by atoms with Crippen LogP contribution in [-0.2, 0) is 24.4 Å². The quantitative estimate of drug-likeness (QED) is 0.222. The van der Waals surface area contributed by atoms with Gasteiger partial charge in [-0.1, -0.05) is 13.8 Å². The van der Waals surface area contributed by atoms with Crippen LogP contribution in [0.3, 0.4) is 0 Å². The number of aliphatic hydroxyl groups excluding tert-OH is 1. The van der Waals surface area contributed by atoms with Gasteiger partial charge < -0.3 is 35.5 Å². The number of carbonyl (C=O) groups excluding carboxylic acids is 3. The molecule has 0 aromatic rings. The second-order valence-electron chi connectivity index (χ2n) is 12.6. The van der Waals surface area contributed by atoms with E-state index in [1.54, 1.807) is 0 Å². The Morgan fingerprint density at radius 2 is 1.84 bits per heavy atom. The average molecular weight is 559 g/mol. The molecule has 5 N–H and O–H groups in total. The highest BCUT2D eigenvalue weighted by molar-refractivity contribution is 7.86. The van der Waals surface area contributed by atoms with Gasteiger partial charge in [-0.15, -0.1) is 0 Å². The fourth-order valence-corrected chi connectivity index (χ4v) is 8.17.